The number of carbonyl (C=O) groups is 1. The van der Waals surface area contributed by atoms with Gasteiger partial charge in [-0.05, 0) is 17.7 Å². The summed E-state index contributed by atoms with van der Waals surface area (Å²) < 4.78 is 4.92. The molecule has 3 N–H and O–H groups in total. The molecule has 2 unspecified atom stereocenters. The third-order valence-electron chi connectivity index (χ3n) is 3.15. The molecule has 1 aliphatic heterocycles. The largest absolute Gasteiger partial charge is 0.383 e. The lowest BCUT2D eigenvalue weighted by Gasteiger charge is -2.18. The number of ether oxygens (including phenoxy) is 1. The zero-order valence-electron chi connectivity index (χ0n) is 10.8. The van der Waals surface area contributed by atoms with Crippen LogP contribution in [0.15, 0.2) is 24.3 Å². The number of hydrazine groups is 1. The molecular formula is C13H18ClN3O2. The molecule has 2 atom stereocenters. The van der Waals surface area contributed by atoms with Gasteiger partial charge in [0.05, 0.1) is 18.6 Å². The molecule has 0 aliphatic carbocycles. The monoisotopic (exact) mass is 283 g/mol. The first-order valence-electron chi connectivity index (χ1n) is 6.23. The third kappa shape index (κ3) is 3.67. The summed E-state index contributed by atoms with van der Waals surface area (Å²) in [6.45, 7) is 1.65. The highest BCUT2D eigenvalue weighted by atomic mass is 35.5. The quantitative estimate of drug-likeness (QED) is 0.702. The lowest BCUT2D eigenvalue weighted by Crippen LogP contribution is -2.36. The van der Waals surface area contributed by atoms with E-state index in [1.54, 1.807) is 7.11 Å². The first kappa shape index (κ1) is 14.3. The van der Waals surface area contributed by atoms with Crippen molar-refractivity contribution in [2.45, 2.75) is 6.04 Å². The summed E-state index contributed by atoms with van der Waals surface area (Å²) in [6.07, 6.45) is 0. The Morgan fingerprint density at radius 1 is 1.47 bits per heavy atom. The summed E-state index contributed by atoms with van der Waals surface area (Å²) >= 11 is 5.87. The molecule has 0 radical (unpaired) electrons. The SMILES string of the molecule is COCCNC(=O)C1CNNC1c1ccc(Cl)cc1. The molecule has 5 nitrogen and oxygen atoms in total. The van der Waals surface area contributed by atoms with E-state index in [1.165, 1.54) is 0 Å². The van der Waals surface area contributed by atoms with Crippen LogP contribution in [-0.2, 0) is 9.53 Å². The van der Waals surface area contributed by atoms with Crippen molar-refractivity contribution in [2.75, 3.05) is 26.8 Å². The number of carbonyl (C=O) groups excluding carboxylic acids is 1. The Morgan fingerprint density at radius 2 is 2.21 bits per heavy atom. The van der Waals surface area contributed by atoms with Crippen LogP contribution >= 0.6 is 11.6 Å². The summed E-state index contributed by atoms with van der Waals surface area (Å²) in [5, 5.41) is 3.56. The molecule has 6 heteroatoms. The van der Waals surface area contributed by atoms with E-state index in [0.29, 0.717) is 24.7 Å². The predicted molar refractivity (Wildman–Crippen MR) is 73.7 cm³/mol. The second-order valence-electron chi connectivity index (χ2n) is 4.44. The average molecular weight is 284 g/mol. The Morgan fingerprint density at radius 3 is 2.89 bits per heavy atom. The Kier molecular flexibility index (Phi) is 5.15. The van der Waals surface area contributed by atoms with Gasteiger partial charge in [0, 0.05) is 25.2 Å². The van der Waals surface area contributed by atoms with Crippen LogP contribution in [0.25, 0.3) is 0 Å². The molecule has 19 heavy (non-hydrogen) atoms. The molecule has 1 aromatic carbocycles. The van der Waals surface area contributed by atoms with Gasteiger partial charge in [-0.3, -0.25) is 10.2 Å². The molecule has 0 bridgehead atoms. The van der Waals surface area contributed by atoms with Gasteiger partial charge in [-0.1, -0.05) is 23.7 Å². The van der Waals surface area contributed by atoms with Crippen LogP contribution in [-0.4, -0.2) is 32.7 Å². The van der Waals surface area contributed by atoms with Gasteiger partial charge >= 0.3 is 0 Å². The number of amides is 1. The van der Waals surface area contributed by atoms with Crippen LogP contribution in [0.2, 0.25) is 5.02 Å². The molecule has 1 amide bonds. The summed E-state index contributed by atoms with van der Waals surface area (Å²) in [6, 6.07) is 7.48. The van der Waals surface area contributed by atoms with E-state index in [2.05, 4.69) is 16.2 Å². The van der Waals surface area contributed by atoms with Crippen molar-refractivity contribution in [1.82, 2.24) is 16.2 Å². The highest BCUT2D eigenvalue weighted by Gasteiger charge is 2.33. The van der Waals surface area contributed by atoms with Gasteiger partial charge in [0.1, 0.15) is 0 Å². The van der Waals surface area contributed by atoms with Crippen molar-refractivity contribution < 1.29 is 9.53 Å². The molecule has 0 spiro atoms. The van der Waals surface area contributed by atoms with E-state index >= 15 is 0 Å². The second kappa shape index (κ2) is 6.86. The lowest BCUT2D eigenvalue weighted by molar-refractivity contribution is -0.125. The maximum absolute atomic E-state index is 12.1. The average Bonchev–Trinajstić information content (AvgIpc) is 2.89. The number of benzene rings is 1. The fraction of sp³-hybridized carbons (Fsp3) is 0.462. The minimum Gasteiger partial charge on any atom is -0.383 e. The molecule has 1 saturated heterocycles. The van der Waals surface area contributed by atoms with Gasteiger partial charge in [0.25, 0.3) is 0 Å². The minimum atomic E-state index is -0.141. The zero-order valence-corrected chi connectivity index (χ0v) is 11.5. The standard InChI is InChI=1S/C13H18ClN3O2/c1-19-7-6-15-13(18)11-8-16-17-12(11)9-2-4-10(14)5-3-9/h2-5,11-12,16-17H,6-8H2,1H3,(H,15,18). The number of rotatable bonds is 5. The smallest absolute Gasteiger partial charge is 0.226 e. The highest BCUT2D eigenvalue weighted by Crippen LogP contribution is 2.26. The fourth-order valence-electron chi connectivity index (χ4n) is 2.13. The van der Waals surface area contributed by atoms with Crippen molar-refractivity contribution in [2.24, 2.45) is 5.92 Å². The predicted octanol–water partition coefficient (Wildman–Crippen LogP) is 0.868. The summed E-state index contributed by atoms with van der Waals surface area (Å²) in [5.74, 6) is -0.118. The molecule has 0 saturated carbocycles. The van der Waals surface area contributed by atoms with Crippen LogP contribution in [0.3, 0.4) is 0 Å². The van der Waals surface area contributed by atoms with Gasteiger partial charge in [-0.2, -0.15) is 0 Å². The molecule has 1 fully saturated rings. The van der Waals surface area contributed by atoms with Gasteiger partial charge < -0.3 is 10.1 Å². The normalized spacial score (nSPS) is 22.4. The number of methoxy groups -OCH3 is 1. The number of hydrogen-bond donors (Lipinski definition) is 3. The third-order valence-corrected chi connectivity index (χ3v) is 3.41. The van der Waals surface area contributed by atoms with Gasteiger partial charge in [-0.15, -0.1) is 0 Å². The van der Waals surface area contributed by atoms with E-state index in [1.807, 2.05) is 24.3 Å². The minimum absolute atomic E-state index is 0.0227. The van der Waals surface area contributed by atoms with Gasteiger partial charge in [0.2, 0.25) is 5.91 Å². The van der Waals surface area contributed by atoms with Crippen molar-refractivity contribution in [1.29, 1.82) is 0 Å². The maximum atomic E-state index is 12.1. The van der Waals surface area contributed by atoms with E-state index in [9.17, 15) is 4.79 Å². The fourth-order valence-corrected chi connectivity index (χ4v) is 2.26. The summed E-state index contributed by atoms with van der Waals surface area (Å²) in [4.78, 5) is 12.1. The highest BCUT2D eigenvalue weighted by molar-refractivity contribution is 6.30. The number of hydrogen-bond acceptors (Lipinski definition) is 4. The summed E-state index contributed by atoms with van der Waals surface area (Å²) in [5.41, 5.74) is 7.20. The Balaban J connectivity index is 2.00. The Labute approximate surface area is 117 Å². The second-order valence-corrected chi connectivity index (χ2v) is 4.88. The van der Waals surface area contributed by atoms with E-state index in [0.717, 1.165) is 5.56 Å². The lowest BCUT2D eigenvalue weighted by atomic mass is 9.94. The van der Waals surface area contributed by atoms with E-state index < -0.39 is 0 Å². The van der Waals surface area contributed by atoms with Crippen LogP contribution in [0, 0.1) is 5.92 Å². The molecular weight excluding hydrogens is 266 g/mol. The maximum Gasteiger partial charge on any atom is 0.226 e. The van der Waals surface area contributed by atoms with Crippen molar-refractivity contribution in [3.63, 3.8) is 0 Å². The first-order chi connectivity index (χ1) is 9.22. The molecule has 1 heterocycles. The number of halogens is 1. The van der Waals surface area contributed by atoms with Gasteiger partial charge in [0.15, 0.2) is 0 Å². The van der Waals surface area contributed by atoms with Crippen LogP contribution in [0.1, 0.15) is 11.6 Å². The van der Waals surface area contributed by atoms with Gasteiger partial charge in [-0.25, -0.2) is 5.43 Å². The summed E-state index contributed by atoms with van der Waals surface area (Å²) in [7, 11) is 1.61. The zero-order chi connectivity index (χ0) is 13.7. The van der Waals surface area contributed by atoms with E-state index in [-0.39, 0.29) is 17.9 Å². The van der Waals surface area contributed by atoms with Crippen molar-refractivity contribution in [3.8, 4) is 0 Å². The molecule has 1 aromatic rings. The first-order valence-corrected chi connectivity index (χ1v) is 6.60. The Bertz CT molecular complexity index is 424. The Hall–Kier alpha value is -1.14. The van der Waals surface area contributed by atoms with Crippen LogP contribution in [0.5, 0.6) is 0 Å². The van der Waals surface area contributed by atoms with E-state index in [4.69, 9.17) is 16.3 Å². The number of nitrogens with one attached hydrogen (secondary N) is 3. The van der Waals surface area contributed by atoms with Crippen LogP contribution < -0.4 is 16.2 Å². The van der Waals surface area contributed by atoms with Crippen LogP contribution in [0.4, 0.5) is 0 Å². The topological polar surface area (TPSA) is 62.4 Å². The molecule has 104 valence electrons. The van der Waals surface area contributed by atoms with Crippen molar-refractivity contribution in [3.05, 3.63) is 34.9 Å². The molecule has 2 rings (SSSR count). The molecule has 1 aliphatic rings. The van der Waals surface area contributed by atoms with Crippen molar-refractivity contribution >= 4 is 17.5 Å². The molecule has 0 aromatic heterocycles.